The summed E-state index contributed by atoms with van der Waals surface area (Å²) >= 11 is 0. The minimum absolute atomic E-state index is 0.0246. The first-order chi connectivity index (χ1) is 11.6. The maximum Gasteiger partial charge on any atom is 0.270 e. The molecule has 0 unspecified atom stereocenters. The van der Waals surface area contributed by atoms with Crippen LogP contribution in [0.1, 0.15) is 43.1 Å². The molecular weight excluding hydrogens is 304 g/mol. The molecule has 0 saturated heterocycles. The minimum atomic E-state index is 0.0246. The van der Waals surface area contributed by atoms with Crippen molar-refractivity contribution in [3.8, 4) is 5.75 Å². The molecule has 1 aliphatic carbocycles. The van der Waals surface area contributed by atoms with E-state index in [9.17, 15) is 9.90 Å². The van der Waals surface area contributed by atoms with Gasteiger partial charge in [0.1, 0.15) is 11.4 Å². The highest BCUT2D eigenvalue weighted by molar-refractivity contribution is 5.98. The molecule has 3 rings (SSSR count). The van der Waals surface area contributed by atoms with Gasteiger partial charge in [0.15, 0.2) is 0 Å². The van der Waals surface area contributed by atoms with Crippen LogP contribution in [0.4, 0.5) is 0 Å². The van der Waals surface area contributed by atoms with E-state index in [1.54, 1.807) is 0 Å². The van der Waals surface area contributed by atoms with E-state index in [1.165, 1.54) is 0 Å². The molecule has 5 heteroatoms. The van der Waals surface area contributed by atoms with E-state index in [4.69, 9.17) is 4.74 Å². The molecule has 2 aromatic rings. The third-order valence-corrected chi connectivity index (χ3v) is 5.08. The Bertz CT molecular complexity index is 702. The molecule has 2 N–H and O–H groups in total. The average Bonchev–Trinajstić information content (AvgIpc) is 3.04. The predicted molar refractivity (Wildman–Crippen MR) is 94.4 cm³/mol. The van der Waals surface area contributed by atoms with Gasteiger partial charge in [-0.05, 0) is 56.7 Å². The van der Waals surface area contributed by atoms with Crippen LogP contribution in [0.25, 0.3) is 10.9 Å². The van der Waals surface area contributed by atoms with Crippen molar-refractivity contribution in [2.24, 2.45) is 5.92 Å². The second kappa shape index (κ2) is 7.26. The van der Waals surface area contributed by atoms with Crippen molar-refractivity contribution in [2.75, 3.05) is 20.3 Å². The summed E-state index contributed by atoms with van der Waals surface area (Å²) < 4.78 is 5.51. The van der Waals surface area contributed by atoms with Gasteiger partial charge >= 0.3 is 0 Å². The molecule has 0 aliphatic heterocycles. The van der Waals surface area contributed by atoms with Crippen molar-refractivity contribution in [3.63, 3.8) is 0 Å². The molecule has 1 amide bonds. The Morgan fingerprint density at radius 3 is 2.71 bits per heavy atom. The Morgan fingerprint density at radius 1 is 1.29 bits per heavy atom. The van der Waals surface area contributed by atoms with Gasteiger partial charge in [0.05, 0.1) is 6.61 Å². The second-order valence-corrected chi connectivity index (χ2v) is 6.64. The standard InChI is InChI=1S/C19H26N2O3/c1-3-24-16-9-6-14-10-18(20-17(14)11-16)19(23)21(2)15-7-4-13(12-22)5-8-15/h6,9-11,13,15,20,22H,3-5,7-8,12H2,1-2H3. The molecule has 1 aliphatic rings. The number of rotatable bonds is 5. The van der Waals surface area contributed by atoms with Crippen molar-refractivity contribution in [2.45, 2.75) is 38.6 Å². The number of ether oxygens (including phenoxy) is 1. The Morgan fingerprint density at radius 2 is 2.04 bits per heavy atom. The van der Waals surface area contributed by atoms with Crippen LogP contribution >= 0.6 is 0 Å². The van der Waals surface area contributed by atoms with E-state index in [1.807, 2.05) is 43.1 Å². The molecule has 0 spiro atoms. The lowest BCUT2D eigenvalue weighted by molar-refractivity contribution is 0.0648. The molecule has 1 aromatic heterocycles. The van der Waals surface area contributed by atoms with Crippen LogP contribution in [0, 0.1) is 5.92 Å². The molecule has 1 saturated carbocycles. The summed E-state index contributed by atoms with van der Waals surface area (Å²) in [6.07, 6.45) is 3.90. The van der Waals surface area contributed by atoms with Crippen LogP contribution in [0.2, 0.25) is 0 Å². The lowest BCUT2D eigenvalue weighted by Crippen LogP contribution is -2.40. The zero-order valence-corrected chi connectivity index (χ0v) is 14.4. The highest BCUT2D eigenvalue weighted by Crippen LogP contribution is 2.28. The third kappa shape index (κ3) is 3.41. The average molecular weight is 330 g/mol. The quantitative estimate of drug-likeness (QED) is 0.885. The molecular formula is C19H26N2O3. The van der Waals surface area contributed by atoms with Gasteiger partial charge in [0, 0.05) is 36.7 Å². The molecule has 1 fully saturated rings. The fourth-order valence-electron chi connectivity index (χ4n) is 3.55. The number of carbonyl (C=O) groups excluding carboxylic acids is 1. The van der Waals surface area contributed by atoms with Gasteiger partial charge in [-0.3, -0.25) is 4.79 Å². The Kier molecular flexibility index (Phi) is 5.09. The van der Waals surface area contributed by atoms with Gasteiger partial charge < -0.3 is 19.7 Å². The maximum atomic E-state index is 12.8. The molecule has 1 aromatic carbocycles. The van der Waals surface area contributed by atoms with Gasteiger partial charge in [-0.25, -0.2) is 0 Å². The topological polar surface area (TPSA) is 65.6 Å². The summed E-state index contributed by atoms with van der Waals surface area (Å²) in [6.45, 7) is 2.83. The number of aliphatic hydroxyl groups is 1. The van der Waals surface area contributed by atoms with Gasteiger partial charge in [-0.15, -0.1) is 0 Å². The lowest BCUT2D eigenvalue weighted by Gasteiger charge is -2.33. The number of amides is 1. The van der Waals surface area contributed by atoms with Gasteiger partial charge in [-0.1, -0.05) is 0 Å². The molecule has 5 nitrogen and oxygen atoms in total. The van der Waals surface area contributed by atoms with Gasteiger partial charge in [-0.2, -0.15) is 0 Å². The Hall–Kier alpha value is -2.01. The van der Waals surface area contributed by atoms with Gasteiger partial charge in [0.2, 0.25) is 0 Å². The molecule has 130 valence electrons. The number of hydrogen-bond acceptors (Lipinski definition) is 3. The number of carbonyl (C=O) groups is 1. The van der Waals surface area contributed by atoms with E-state index in [-0.39, 0.29) is 18.6 Å². The summed E-state index contributed by atoms with van der Waals surface area (Å²) in [6, 6.07) is 7.99. The molecule has 24 heavy (non-hydrogen) atoms. The van der Waals surface area contributed by atoms with Crippen molar-refractivity contribution in [1.82, 2.24) is 9.88 Å². The van der Waals surface area contributed by atoms with Crippen molar-refractivity contribution in [3.05, 3.63) is 30.0 Å². The maximum absolute atomic E-state index is 12.8. The highest BCUT2D eigenvalue weighted by Gasteiger charge is 2.27. The van der Waals surface area contributed by atoms with Crippen LogP contribution in [0.15, 0.2) is 24.3 Å². The second-order valence-electron chi connectivity index (χ2n) is 6.64. The van der Waals surface area contributed by atoms with Gasteiger partial charge in [0.25, 0.3) is 5.91 Å². The van der Waals surface area contributed by atoms with Crippen LogP contribution in [0.5, 0.6) is 5.75 Å². The number of aliphatic hydroxyl groups excluding tert-OH is 1. The summed E-state index contributed by atoms with van der Waals surface area (Å²) in [5.41, 5.74) is 1.53. The molecule has 0 bridgehead atoms. The SMILES string of the molecule is CCOc1ccc2cc(C(=O)N(C)C3CCC(CO)CC3)[nH]c2c1. The van der Waals surface area contributed by atoms with E-state index in [0.29, 0.717) is 18.2 Å². The number of aromatic amines is 1. The fourth-order valence-corrected chi connectivity index (χ4v) is 3.55. The zero-order chi connectivity index (χ0) is 17.1. The number of aromatic nitrogens is 1. The normalized spacial score (nSPS) is 21.0. The minimum Gasteiger partial charge on any atom is -0.494 e. The smallest absolute Gasteiger partial charge is 0.270 e. The monoisotopic (exact) mass is 330 g/mol. The first-order valence-electron chi connectivity index (χ1n) is 8.76. The van der Waals surface area contributed by atoms with Crippen molar-refractivity contribution in [1.29, 1.82) is 0 Å². The van der Waals surface area contributed by atoms with E-state index in [0.717, 1.165) is 42.3 Å². The first-order valence-corrected chi connectivity index (χ1v) is 8.76. The summed E-state index contributed by atoms with van der Waals surface area (Å²) in [5.74, 6) is 1.23. The van der Waals surface area contributed by atoms with Crippen LogP contribution in [0.3, 0.4) is 0 Å². The number of benzene rings is 1. The number of nitrogens with one attached hydrogen (secondary N) is 1. The summed E-state index contributed by atoms with van der Waals surface area (Å²) in [7, 11) is 1.88. The van der Waals surface area contributed by atoms with Crippen molar-refractivity contribution < 1.29 is 14.6 Å². The highest BCUT2D eigenvalue weighted by atomic mass is 16.5. The Balaban J connectivity index is 1.73. The van der Waals surface area contributed by atoms with Crippen LogP contribution < -0.4 is 4.74 Å². The first kappa shape index (κ1) is 16.8. The Labute approximate surface area is 142 Å². The van der Waals surface area contributed by atoms with Crippen LogP contribution in [-0.2, 0) is 0 Å². The van der Waals surface area contributed by atoms with E-state index in [2.05, 4.69) is 4.98 Å². The van der Waals surface area contributed by atoms with Crippen molar-refractivity contribution >= 4 is 16.8 Å². The zero-order valence-electron chi connectivity index (χ0n) is 14.4. The lowest BCUT2D eigenvalue weighted by atomic mass is 9.86. The largest absolute Gasteiger partial charge is 0.494 e. The van der Waals surface area contributed by atoms with E-state index >= 15 is 0 Å². The summed E-state index contributed by atoms with van der Waals surface area (Å²) in [5, 5.41) is 10.3. The summed E-state index contributed by atoms with van der Waals surface area (Å²) in [4.78, 5) is 17.9. The van der Waals surface area contributed by atoms with Crippen LogP contribution in [-0.4, -0.2) is 47.2 Å². The number of fused-ring (bicyclic) bond motifs is 1. The number of nitrogens with zero attached hydrogens (tertiary/aromatic N) is 1. The molecule has 1 heterocycles. The van der Waals surface area contributed by atoms with E-state index < -0.39 is 0 Å². The number of H-pyrrole nitrogens is 1. The third-order valence-electron chi connectivity index (χ3n) is 5.08. The number of hydrogen-bond donors (Lipinski definition) is 2. The molecule has 0 radical (unpaired) electrons. The molecule has 0 atom stereocenters. The predicted octanol–water partition coefficient (Wildman–Crippen LogP) is 3.19. The fraction of sp³-hybridized carbons (Fsp3) is 0.526.